The van der Waals surface area contributed by atoms with Gasteiger partial charge in [0.05, 0.1) is 5.69 Å². The van der Waals surface area contributed by atoms with E-state index >= 15 is 0 Å². The van der Waals surface area contributed by atoms with Crippen molar-refractivity contribution in [2.45, 2.75) is 26.4 Å². The molecule has 4 rings (SSSR count). The Morgan fingerprint density at radius 1 is 1.17 bits per heavy atom. The summed E-state index contributed by atoms with van der Waals surface area (Å²) in [6, 6.07) is 12.4. The Hall–Kier alpha value is -3.74. The molecule has 3 aromatic rings. The highest BCUT2D eigenvalue weighted by Gasteiger charge is 2.21. The molecule has 0 radical (unpaired) electrons. The summed E-state index contributed by atoms with van der Waals surface area (Å²) < 4.78 is 6.67. The van der Waals surface area contributed by atoms with Crippen molar-refractivity contribution in [2.75, 3.05) is 11.4 Å². The van der Waals surface area contributed by atoms with Gasteiger partial charge in [0.15, 0.2) is 0 Å². The number of nitrogens with zero attached hydrogens (tertiary/aromatic N) is 3. The number of hydrogen-bond donors (Lipinski definition) is 0. The van der Waals surface area contributed by atoms with Gasteiger partial charge in [-0.1, -0.05) is 18.2 Å². The maximum absolute atomic E-state index is 12.2. The number of fused-ring (bicyclic) bond motifs is 1. The van der Waals surface area contributed by atoms with Gasteiger partial charge in [0.2, 0.25) is 5.91 Å². The van der Waals surface area contributed by atoms with E-state index in [0.717, 1.165) is 29.8 Å². The average Bonchev–Trinajstić information content (AvgIpc) is 3.17. The van der Waals surface area contributed by atoms with Crippen LogP contribution in [0.2, 0.25) is 0 Å². The molecule has 1 saturated heterocycles. The zero-order valence-electron chi connectivity index (χ0n) is 16.6. The molecular weight excluding hydrogens is 382 g/mol. The topological polar surface area (TPSA) is 81.0 Å². The van der Waals surface area contributed by atoms with Crippen LogP contribution in [0.15, 0.2) is 59.5 Å². The minimum Gasteiger partial charge on any atom is -0.456 e. The summed E-state index contributed by atoms with van der Waals surface area (Å²) in [5, 5.41) is 0. The maximum Gasteiger partial charge on any atom is 0.331 e. The number of benzene rings is 1. The number of ether oxygens (including phenoxy) is 1. The Morgan fingerprint density at radius 3 is 2.70 bits per heavy atom. The predicted octanol–water partition coefficient (Wildman–Crippen LogP) is 2.89. The molecule has 152 valence electrons. The van der Waals surface area contributed by atoms with Gasteiger partial charge in [0, 0.05) is 37.0 Å². The number of aromatic nitrogens is 2. The van der Waals surface area contributed by atoms with Crippen LogP contribution in [-0.4, -0.2) is 27.8 Å². The van der Waals surface area contributed by atoms with Gasteiger partial charge in [-0.25, -0.2) is 9.78 Å². The van der Waals surface area contributed by atoms with Gasteiger partial charge in [-0.3, -0.25) is 14.0 Å². The van der Waals surface area contributed by atoms with Crippen LogP contribution in [0.4, 0.5) is 5.69 Å². The van der Waals surface area contributed by atoms with Crippen molar-refractivity contribution < 1.29 is 14.3 Å². The van der Waals surface area contributed by atoms with Gasteiger partial charge >= 0.3 is 5.97 Å². The highest BCUT2D eigenvalue weighted by Crippen LogP contribution is 2.21. The first-order valence-electron chi connectivity index (χ1n) is 9.74. The van der Waals surface area contributed by atoms with Crippen LogP contribution < -0.4 is 10.5 Å². The lowest BCUT2D eigenvalue weighted by molar-refractivity contribution is -0.139. The van der Waals surface area contributed by atoms with Crippen LogP contribution in [0.3, 0.4) is 0 Å². The van der Waals surface area contributed by atoms with Gasteiger partial charge in [0.1, 0.15) is 12.3 Å². The maximum atomic E-state index is 12.2. The lowest BCUT2D eigenvalue weighted by Crippen LogP contribution is -2.23. The molecule has 0 atom stereocenters. The summed E-state index contributed by atoms with van der Waals surface area (Å²) in [6.45, 7) is 2.55. The predicted molar refractivity (Wildman–Crippen MR) is 113 cm³/mol. The molecule has 30 heavy (non-hydrogen) atoms. The van der Waals surface area contributed by atoms with E-state index in [0.29, 0.717) is 17.8 Å². The monoisotopic (exact) mass is 403 g/mol. The Balaban J connectivity index is 1.37. The molecule has 1 amide bonds. The van der Waals surface area contributed by atoms with E-state index in [1.807, 2.05) is 37.3 Å². The van der Waals surface area contributed by atoms with E-state index in [2.05, 4.69) is 4.98 Å². The summed E-state index contributed by atoms with van der Waals surface area (Å²) in [5.41, 5.74) is 3.31. The number of hydrogen-bond acceptors (Lipinski definition) is 5. The minimum absolute atomic E-state index is 0.0845. The van der Waals surface area contributed by atoms with E-state index in [9.17, 15) is 14.4 Å². The SMILES string of the molecule is Cc1ccc2nc(COC(=O)/C=C/c3ccc(N4CCCC4=O)cc3)cc(=O)n2c1. The standard InChI is InChI=1S/C23H21N3O4/c1-16-4-10-20-24-18(13-22(28)26(20)14-16)15-30-23(29)11-7-17-5-8-19(9-6-17)25-12-2-3-21(25)27/h4-11,13-14H,2-3,12,15H2,1H3/b11-7+. The molecule has 1 fully saturated rings. The van der Waals surface area contributed by atoms with Crippen LogP contribution in [-0.2, 0) is 20.9 Å². The number of carbonyl (C=O) groups excluding carboxylic acids is 2. The Kier molecular flexibility index (Phi) is 5.43. The number of amides is 1. The lowest BCUT2D eigenvalue weighted by atomic mass is 10.2. The molecule has 0 aliphatic carbocycles. The minimum atomic E-state index is -0.528. The van der Waals surface area contributed by atoms with Crippen molar-refractivity contribution >= 4 is 29.3 Å². The number of anilines is 1. The first-order chi connectivity index (χ1) is 14.5. The molecular formula is C23H21N3O4. The summed E-state index contributed by atoms with van der Waals surface area (Å²) in [7, 11) is 0. The van der Waals surface area contributed by atoms with E-state index in [1.165, 1.54) is 16.5 Å². The summed E-state index contributed by atoms with van der Waals surface area (Å²) in [5.74, 6) is -0.390. The highest BCUT2D eigenvalue weighted by atomic mass is 16.5. The van der Waals surface area contributed by atoms with Crippen molar-refractivity contribution in [3.63, 3.8) is 0 Å². The molecule has 7 nitrogen and oxygen atoms in total. The van der Waals surface area contributed by atoms with Gasteiger partial charge in [-0.05, 0) is 48.7 Å². The van der Waals surface area contributed by atoms with Crippen molar-refractivity contribution in [3.8, 4) is 0 Å². The second-order valence-corrected chi connectivity index (χ2v) is 7.20. The molecule has 0 spiro atoms. The smallest absolute Gasteiger partial charge is 0.331 e. The van der Waals surface area contributed by atoms with Crippen LogP contribution in [0.25, 0.3) is 11.7 Å². The van der Waals surface area contributed by atoms with Crippen molar-refractivity contribution in [1.29, 1.82) is 0 Å². The molecule has 7 heteroatoms. The number of pyridine rings is 1. The third kappa shape index (κ3) is 4.30. The van der Waals surface area contributed by atoms with Gasteiger partial charge < -0.3 is 9.64 Å². The third-order valence-corrected chi connectivity index (χ3v) is 4.91. The number of rotatable bonds is 5. The fourth-order valence-electron chi connectivity index (χ4n) is 3.38. The molecule has 1 aliphatic rings. The van der Waals surface area contributed by atoms with Crippen LogP contribution >= 0.6 is 0 Å². The normalized spacial score (nSPS) is 14.0. The molecule has 1 aromatic carbocycles. The Bertz CT molecular complexity index is 1200. The summed E-state index contributed by atoms with van der Waals surface area (Å²) in [6.07, 6.45) is 6.15. The zero-order valence-corrected chi connectivity index (χ0v) is 16.6. The van der Waals surface area contributed by atoms with Crippen LogP contribution in [0.5, 0.6) is 0 Å². The molecule has 0 saturated carbocycles. The van der Waals surface area contributed by atoms with Crippen LogP contribution in [0, 0.1) is 6.92 Å². The summed E-state index contributed by atoms with van der Waals surface area (Å²) >= 11 is 0. The largest absolute Gasteiger partial charge is 0.456 e. The Labute approximate surface area is 173 Å². The van der Waals surface area contributed by atoms with Crippen molar-refractivity contribution in [2.24, 2.45) is 0 Å². The van der Waals surface area contributed by atoms with E-state index in [-0.39, 0.29) is 18.1 Å². The lowest BCUT2D eigenvalue weighted by Gasteiger charge is -2.15. The van der Waals surface area contributed by atoms with Crippen LogP contribution in [0.1, 0.15) is 29.7 Å². The number of esters is 1. The van der Waals surface area contributed by atoms with Crippen molar-refractivity contribution in [1.82, 2.24) is 9.38 Å². The molecule has 0 unspecified atom stereocenters. The van der Waals surface area contributed by atoms with E-state index in [1.54, 1.807) is 23.2 Å². The average molecular weight is 403 g/mol. The first-order valence-corrected chi connectivity index (χ1v) is 9.74. The first kappa shape index (κ1) is 19.6. The zero-order chi connectivity index (χ0) is 21.1. The highest BCUT2D eigenvalue weighted by molar-refractivity contribution is 5.95. The van der Waals surface area contributed by atoms with Gasteiger partial charge in [-0.15, -0.1) is 0 Å². The Morgan fingerprint density at radius 2 is 1.97 bits per heavy atom. The van der Waals surface area contributed by atoms with E-state index < -0.39 is 5.97 Å². The fraction of sp³-hybridized carbons (Fsp3) is 0.217. The second-order valence-electron chi connectivity index (χ2n) is 7.20. The molecule has 1 aliphatic heterocycles. The fourth-order valence-corrected chi connectivity index (χ4v) is 3.38. The number of carbonyl (C=O) groups is 2. The van der Waals surface area contributed by atoms with E-state index in [4.69, 9.17) is 4.74 Å². The van der Waals surface area contributed by atoms with Gasteiger partial charge in [0.25, 0.3) is 5.56 Å². The third-order valence-electron chi connectivity index (χ3n) is 4.91. The quantitative estimate of drug-likeness (QED) is 0.483. The molecule has 0 bridgehead atoms. The van der Waals surface area contributed by atoms with Gasteiger partial charge in [-0.2, -0.15) is 0 Å². The molecule has 3 heterocycles. The molecule has 0 N–H and O–H groups in total. The second kappa shape index (κ2) is 8.32. The van der Waals surface area contributed by atoms with Crippen molar-refractivity contribution in [3.05, 3.63) is 81.9 Å². The number of aryl methyl sites for hydroxylation is 1. The molecule has 2 aromatic heterocycles. The summed E-state index contributed by atoms with van der Waals surface area (Å²) in [4.78, 5) is 42.1.